The predicted molar refractivity (Wildman–Crippen MR) is 83.8 cm³/mol. The molecule has 4 nitrogen and oxygen atoms in total. The molecule has 1 aromatic carbocycles. The topological polar surface area (TPSA) is 50.7 Å². The van der Waals surface area contributed by atoms with Crippen molar-refractivity contribution >= 4 is 0 Å². The zero-order valence-corrected chi connectivity index (χ0v) is 13.3. The van der Waals surface area contributed by atoms with Gasteiger partial charge in [-0.25, -0.2) is 0 Å². The summed E-state index contributed by atoms with van der Waals surface area (Å²) >= 11 is 0. The van der Waals surface area contributed by atoms with Crippen LogP contribution in [0.4, 0.5) is 0 Å². The van der Waals surface area contributed by atoms with Gasteiger partial charge in [0, 0.05) is 6.04 Å². The van der Waals surface area contributed by atoms with Gasteiger partial charge in [-0.2, -0.15) is 0 Å². The van der Waals surface area contributed by atoms with Crippen LogP contribution in [0.15, 0.2) is 18.2 Å². The van der Waals surface area contributed by atoms with Crippen LogP contribution in [-0.2, 0) is 11.2 Å². The Morgan fingerprint density at radius 3 is 2.86 bits per heavy atom. The molecule has 0 aliphatic heterocycles. The van der Waals surface area contributed by atoms with Crippen molar-refractivity contribution in [2.24, 2.45) is 0 Å². The number of nitrogens with one attached hydrogen (secondary N) is 1. The van der Waals surface area contributed by atoms with Gasteiger partial charge in [-0.15, -0.1) is 0 Å². The maximum absolute atomic E-state index is 9.90. The fraction of sp³-hybridized carbons (Fsp3) is 0.647. The van der Waals surface area contributed by atoms with Gasteiger partial charge in [-0.1, -0.05) is 12.1 Å². The molecule has 1 aliphatic rings. The molecule has 0 saturated heterocycles. The molecule has 2 unspecified atom stereocenters. The third-order valence-corrected chi connectivity index (χ3v) is 3.87. The fourth-order valence-corrected chi connectivity index (χ4v) is 2.79. The zero-order chi connectivity index (χ0) is 15.2. The highest BCUT2D eigenvalue weighted by Gasteiger charge is 2.21. The van der Waals surface area contributed by atoms with E-state index < -0.39 is 6.10 Å². The minimum atomic E-state index is -0.591. The van der Waals surface area contributed by atoms with Crippen molar-refractivity contribution in [2.75, 3.05) is 20.3 Å². The van der Waals surface area contributed by atoms with Gasteiger partial charge in [0.05, 0.1) is 12.7 Å². The standard InChI is InChI=1S/C17H27NO3/c1-12(2)20-10-13(19)11-21-17-9-5-6-14-15(17)7-4-8-16(14)18-3/h5-6,9,12-13,16,18-19H,4,7-8,10-11H2,1-3H3. The lowest BCUT2D eigenvalue weighted by atomic mass is 9.87. The number of aliphatic hydroxyl groups excluding tert-OH is 1. The fourth-order valence-electron chi connectivity index (χ4n) is 2.79. The monoisotopic (exact) mass is 293 g/mol. The first-order valence-corrected chi connectivity index (χ1v) is 7.83. The molecule has 0 radical (unpaired) electrons. The molecule has 0 amide bonds. The van der Waals surface area contributed by atoms with E-state index in [-0.39, 0.29) is 12.7 Å². The van der Waals surface area contributed by atoms with Crippen LogP contribution in [-0.4, -0.2) is 37.6 Å². The summed E-state index contributed by atoms with van der Waals surface area (Å²) < 4.78 is 11.2. The largest absolute Gasteiger partial charge is 0.491 e. The van der Waals surface area contributed by atoms with Crippen LogP contribution < -0.4 is 10.1 Å². The van der Waals surface area contributed by atoms with E-state index >= 15 is 0 Å². The molecule has 0 bridgehead atoms. The summed E-state index contributed by atoms with van der Waals surface area (Å²) in [4.78, 5) is 0. The van der Waals surface area contributed by atoms with Gasteiger partial charge < -0.3 is 19.9 Å². The summed E-state index contributed by atoms with van der Waals surface area (Å²) in [5, 5.41) is 13.3. The van der Waals surface area contributed by atoms with Crippen LogP contribution in [0.2, 0.25) is 0 Å². The van der Waals surface area contributed by atoms with Gasteiger partial charge in [-0.05, 0) is 57.4 Å². The van der Waals surface area contributed by atoms with Gasteiger partial charge in [0.2, 0.25) is 0 Å². The molecule has 2 atom stereocenters. The zero-order valence-electron chi connectivity index (χ0n) is 13.3. The Morgan fingerprint density at radius 2 is 2.14 bits per heavy atom. The lowest BCUT2D eigenvalue weighted by Crippen LogP contribution is -2.26. The molecule has 0 spiro atoms. The van der Waals surface area contributed by atoms with Gasteiger partial charge in [-0.3, -0.25) is 0 Å². The van der Waals surface area contributed by atoms with E-state index in [1.165, 1.54) is 11.1 Å². The van der Waals surface area contributed by atoms with Crippen LogP contribution in [0.25, 0.3) is 0 Å². The molecule has 0 heterocycles. The number of hydrogen-bond acceptors (Lipinski definition) is 4. The Kier molecular flexibility index (Phi) is 6.03. The number of benzene rings is 1. The summed E-state index contributed by atoms with van der Waals surface area (Å²) in [5.74, 6) is 0.899. The van der Waals surface area contributed by atoms with Gasteiger partial charge in [0.25, 0.3) is 0 Å². The average molecular weight is 293 g/mol. The average Bonchev–Trinajstić information content (AvgIpc) is 2.50. The molecule has 1 aliphatic carbocycles. The number of fused-ring (bicyclic) bond motifs is 1. The molecule has 0 aromatic heterocycles. The van der Waals surface area contributed by atoms with Crippen LogP contribution in [0, 0.1) is 0 Å². The van der Waals surface area contributed by atoms with Crippen molar-refractivity contribution in [3.63, 3.8) is 0 Å². The Hall–Kier alpha value is -1.10. The van der Waals surface area contributed by atoms with Crippen molar-refractivity contribution in [1.82, 2.24) is 5.32 Å². The third kappa shape index (κ3) is 4.43. The Morgan fingerprint density at radius 1 is 1.33 bits per heavy atom. The van der Waals surface area contributed by atoms with E-state index in [2.05, 4.69) is 11.4 Å². The van der Waals surface area contributed by atoms with Gasteiger partial charge in [0.15, 0.2) is 0 Å². The Balaban J connectivity index is 1.98. The van der Waals surface area contributed by atoms with Crippen molar-refractivity contribution in [3.8, 4) is 5.75 Å². The highest BCUT2D eigenvalue weighted by Crippen LogP contribution is 2.35. The second-order valence-corrected chi connectivity index (χ2v) is 5.90. The molecular formula is C17H27NO3. The molecule has 118 valence electrons. The Bertz CT molecular complexity index is 448. The quantitative estimate of drug-likeness (QED) is 0.811. The number of ether oxygens (including phenoxy) is 2. The van der Waals surface area contributed by atoms with Crippen LogP contribution in [0.5, 0.6) is 5.75 Å². The minimum Gasteiger partial charge on any atom is -0.491 e. The summed E-state index contributed by atoms with van der Waals surface area (Å²) in [6.45, 7) is 4.50. The lowest BCUT2D eigenvalue weighted by molar-refractivity contribution is -0.0124. The first-order valence-electron chi connectivity index (χ1n) is 7.83. The molecular weight excluding hydrogens is 266 g/mol. The van der Waals surface area contributed by atoms with E-state index in [0.717, 1.165) is 25.0 Å². The van der Waals surface area contributed by atoms with Gasteiger partial charge in [0.1, 0.15) is 18.5 Å². The van der Waals surface area contributed by atoms with Crippen molar-refractivity contribution < 1.29 is 14.6 Å². The molecule has 2 rings (SSSR count). The molecule has 0 fully saturated rings. The predicted octanol–water partition coefficient (Wildman–Crippen LogP) is 2.45. The summed E-state index contributed by atoms with van der Waals surface area (Å²) in [7, 11) is 2.00. The number of hydrogen-bond donors (Lipinski definition) is 2. The first kappa shape index (κ1) is 16.3. The van der Waals surface area contributed by atoms with E-state index in [9.17, 15) is 5.11 Å². The number of aliphatic hydroxyl groups is 1. The summed E-state index contributed by atoms with van der Waals surface area (Å²) in [5.41, 5.74) is 2.61. The third-order valence-electron chi connectivity index (χ3n) is 3.87. The molecule has 2 N–H and O–H groups in total. The molecule has 1 aromatic rings. The second-order valence-electron chi connectivity index (χ2n) is 5.90. The molecule has 21 heavy (non-hydrogen) atoms. The van der Waals surface area contributed by atoms with E-state index in [4.69, 9.17) is 9.47 Å². The number of rotatable bonds is 7. The van der Waals surface area contributed by atoms with Crippen LogP contribution >= 0.6 is 0 Å². The van der Waals surface area contributed by atoms with Crippen LogP contribution in [0.1, 0.15) is 43.9 Å². The summed E-state index contributed by atoms with van der Waals surface area (Å²) in [6, 6.07) is 6.60. The molecule has 0 saturated carbocycles. The second kappa shape index (κ2) is 7.78. The van der Waals surface area contributed by atoms with Crippen molar-refractivity contribution in [3.05, 3.63) is 29.3 Å². The summed E-state index contributed by atoms with van der Waals surface area (Å²) in [6.07, 6.45) is 2.91. The Labute approximate surface area is 127 Å². The first-order chi connectivity index (χ1) is 10.1. The highest BCUT2D eigenvalue weighted by atomic mass is 16.5. The van der Waals surface area contributed by atoms with Crippen LogP contribution in [0.3, 0.4) is 0 Å². The van der Waals surface area contributed by atoms with Crippen molar-refractivity contribution in [2.45, 2.75) is 51.4 Å². The van der Waals surface area contributed by atoms with Gasteiger partial charge >= 0.3 is 0 Å². The van der Waals surface area contributed by atoms with E-state index in [1.54, 1.807) is 0 Å². The SMILES string of the molecule is CNC1CCCc2c(OCC(O)COC(C)C)cccc21. The van der Waals surface area contributed by atoms with Crippen molar-refractivity contribution in [1.29, 1.82) is 0 Å². The lowest BCUT2D eigenvalue weighted by Gasteiger charge is -2.27. The maximum atomic E-state index is 9.90. The van der Waals surface area contributed by atoms with E-state index in [1.807, 2.05) is 33.0 Å². The maximum Gasteiger partial charge on any atom is 0.122 e. The minimum absolute atomic E-state index is 0.125. The molecule has 4 heteroatoms. The normalized spacial score (nSPS) is 19.4. The van der Waals surface area contributed by atoms with E-state index in [0.29, 0.717) is 12.6 Å². The highest BCUT2D eigenvalue weighted by molar-refractivity contribution is 5.43. The smallest absolute Gasteiger partial charge is 0.122 e.